The molecule has 3 rings (SSSR count). The molecule has 0 aliphatic rings. The number of aromatic nitrogens is 2. The molecule has 0 bridgehead atoms. The summed E-state index contributed by atoms with van der Waals surface area (Å²) in [6, 6.07) is 12.8. The van der Waals surface area contributed by atoms with Crippen LogP contribution >= 0.6 is 0 Å². The van der Waals surface area contributed by atoms with Gasteiger partial charge in [-0.2, -0.15) is 0 Å². The van der Waals surface area contributed by atoms with Crippen LogP contribution in [0.5, 0.6) is 0 Å². The zero-order chi connectivity index (χ0) is 11.8. The standard InChI is InChI=1S/C15H14N2/c1-11-5-6-14-13(8-11)9-15(17(14)2)12-4-3-7-16-10-12/h3-10H,1-2H3. The Morgan fingerprint density at radius 1 is 1.12 bits per heavy atom. The van der Waals surface area contributed by atoms with Gasteiger partial charge in [-0.1, -0.05) is 11.6 Å². The normalized spacial score (nSPS) is 10.9. The van der Waals surface area contributed by atoms with Crippen molar-refractivity contribution in [1.29, 1.82) is 0 Å². The molecule has 0 aliphatic carbocycles. The van der Waals surface area contributed by atoms with Crippen molar-refractivity contribution < 1.29 is 0 Å². The first kappa shape index (κ1) is 10.1. The van der Waals surface area contributed by atoms with Crippen molar-refractivity contribution in [1.82, 2.24) is 9.55 Å². The zero-order valence-electron chi connectivity index (χ0n) is 10.0. The van der Waals surface area contributed by atoms with Crippen LogP contribution in [0.3, 0.4) is 0 Å². The van der Waals surface area contributed by atoms with Crippen molar-refractivity contribution in [3.05, 3.63) is 54.4 Å². The Kier molecular flexibility index (Phi) is 2.22. The van der Waals surface area contributed by atoms with E-state index in [4.69, 9.17) is 0 Å². The van der Waals surface area contributed by atoms with E-state index >= 15 is 0 Å². The molecule has 0 saturated carbocycles. The van der Waals surface area contributed by atoms with Gasteiger partial charge in [-0.15, -0.1) is 0 Å². The molecular formula is C15H14N2. The second-order valence-corrected chi connectivity index (χ2v) is 4.39. The van der Waals surface area contributed by atoms with Crippen LogP contribution in [0, 0.1) is 6.92 Å². The lowest BCUT2D eigenvalue weighted by atomic mass is 10.1. The molecule has 0 atom stereocenters. The Bertz CT molecular complexity index is 666. The number of hydrogen-bond acceptors (Lipinski definition) is 1. The van der Waals surface area contributed by atoms with E-state index in [2.05, 4.69) is 53.9 Å². The number of fused-ring (bicyclic) bond motifs is 1. The molecule has 0 amide bonds. The molecule has 2 heteroatoms. The summed E-state index contributed by atoms with van der Waals surface area (Å²) in [5.74, 6) is 0. The predicted octanol–water partition coefficient (Wildman–Crippen LogP) is 3.55. The van der Waals surface area contributed by atoms with Gasteiger partial charge in [0.25, 0.3) is 0 Å². The van der Waals surface area contributed by atoms with Gasteiger partial charge in [0.2, 0.25) is 0 Å². The number of hydrogen-bond donors (Lipinski definition) is 0. The highest BCUT2D eigenvalue weighted by atomic mass is 14.9. The van der Waals surface area contributed by atoms with E-state index < -0.39 is 0 Å². The SMILES string of the molecule is Cc1ccc2c(c1)cc(-c1cccnc1)n2C. The minimum absolute atomic E-state index is 1.16. The Morgan fingerprint density at radius 2 is 2.00 bits per heavy atom. The predicted molar refractivity (Wildman–Crippen MR) is 70.9 cm³/mol. The molecule has 0 N–H and O–H groups in total. The Hall–Kier alpha value is -2.09. The smallest absolute Gasteiger partial charge is 0.0504 e. The van der Waals surface area contributed by atoms with Gasteiger partial charge in [-0.25, -0.2) is 0 Å². The van der Waals surface area contributed by atoms with Gasteiger partial charge in [-0.05, 0) is 37.3 Å². The number of nitrogens with zero attached hydrogens (tertiary/aromatic N) is 2. The molecule has 2 aromatic heterocycles. The van der Waals surface area contributed by atoms with Gasteiger partial charge < -0.3 is 4.57 Å². The topological polar surface area (TPSA) is 17.8 Å². The Morgan fingerprint density at radius 3 is 2.76 bits per heavy atom. The van der Waals surface area contributed by atoms with Crippen LogP contribution < -0.4 is 0 Å². The van der Waals surface area contributed by atoms with E-state index in [-0.39, 0.29) is 0 Å². The van der Waals surface area contributed by atoms with Crippen molar-refractivity contribution in [3.8, 4) is 11.3 Å². The van der Waals surface area contributed by atoms with Crippen LogP contribution in [-0.2, 0) is 7.05 Å². The molecule has 0 fully saturated rings. The van der Waals surface area contributed by atoms with Crippen molar-refractivity contribution in [2.45, 2.75) is 6.92 Å². The third-order valence-electron chi connectivity index (χ3n) is 3.16. The molecular weight excluding hydrogens is 208 g/mol. The molecule has 1 aromatic carbocycles. The summed E-state index contributed by atoms with van der Waals surface area (Å²) in [6.07, 6.45) is 3.71. The van der Waals surface area contributed by atoms with Crippen LogP contribution in [0.15, 0.2) is 48.8 Å². The lowest BCUT2D eigenvalue weighted by Gasteiger charge is -2.03. The molecule has 2 nitrogen and oxygen atoms in total. The first-order valence-corrected chi connectivity index (χ1v) is 5.72. The highest BCUT2D eigenvalue weighted by Crippen LogP contribution is 2.27. The van der Waals surface area contributed by atoms with E-state index in [0.717, 1.165) is 5.56 Å². The summed E-state index contributed by atoms with van der Waals surface area (Å²) in [7, 11) is 2.10. The second kappa shape index (κ2) is 3.74. The minimum atomic E-state index is 1.16. The lowest BCUT2D eigenvalue weighted by molar-refractivity contribution is 0.976. The van der Waals surface area contributed by atoms with Gasteiger partial charge in [0.15, 0.2) is 0 Å². The van der Waals surface area contributed by atoms with Crippen molar-refractivity contribution in [2.24, 2.45) is 7.05 Å². The fourth-order valence-corrected chi connectivity index (χ4v) is 2.26. The first-order chi connectivity index (χ1) is 8.25. The molecule has 2 heterocycles. The molecule has 0 saturated heterocycles. The number of benzene rings is 1. The maximum Gasteiger partial charge on any atom is 0.0504 e. The summed E-state index contributed by atoms with van der Waals surface area (Å²) in [6.45, 7) is 2.12. The first-order valence-electron chi connectivity index (χ1n) is 5.72. The average molecular weight is 222 g/mol. The van der Waals surface area contributed by atoms with E-state index in [0.29, 0.717) is 0 Å². The van der Waals surface area contributed by atoms with Crippen LogP contribution in [0.25, 0.3) is 22.2 Å². The van der Waals surface area contributed by atoms with E-state index in [1.54, 1.807) is 6.20 Å². The summed E-state index contributed by atoms with van der Waals surface area (Å²) in [4.78, 5) is 4.18. The van der Waals surface area contributed by atoms with E-state index in [1.165, 1.54) is 22.2 Å². The van der Waals surface area contributed by atoms with E-state index in [1.807, 2.05) is 12.3 Å². The van der Waals surface area contributed by atoms with Crippen LogP contribution in [0.1, 0.15) is 5.56 Å². The minimum Gasteiger partial charge on any atom is -0.344 e. The maximum atomic E-state index is 4.18. The number of rotatable bonds is 1. The molecule has 0 radical (unpaired) electrons. The summed E-state index contributed by atoms with van der Waals surface area (Å²) in [5.41, 5.74) is 4.91. The highest BCUT2D eigenvalue weighted by Gasteiger charge is 2.07. The summed E-state index contributed by atoms with van der Waals surface area (Å²) in [5, 5.41) is 1.28. The fraction of sp³-hybridized carbons (Fsp3) is 0.133. The molecule has 0 aliphatic heterocycles. The highest BCUT2D eigenvalue weighted by molar-refractivity contribution is 5.87. The van der Waals surface area contributed by atoms with Gasteiger partial charge in [0, 0.05) is 35.9 Å². The van der Waals surface area contributed by atoms with Gasteiger partial charge in [0.1, 0.15) is 0 Å². The van der Waals surface area contributed by atoms with Crippen molar-refractivity contribution >= 4 is 10.9 Å². The molecule has 17 heavy (non-hydrogen) atoms. The molecule has 0 unspecified atom stereocenters. The van der Waals surface area contributed by atoms with Crippen LogP contribution in [0.2, 0.25) is 0 Å². The van der Waals surface area contributed by atoms with Crippen LogP contribution in [-0.4, -0.2) is 9.55 Å². The van der Waals surface area contributed by atoms with Crippen LogP contribution in [0.4, 0.5) is 0 Å². The second-order valence-electron chi connectivity index (χ2n) is 4.39. The summed E-state index contributed by atoms with van der Waals surface area (Å²) >= 11 is 0. The number of pyridine rings is 1. The third kappa shape index (κ3) is 1.62. The third-order valence-corrected chi connectivity index (χ3v) is 3.16. The lowest BCUT2D eigenvalue weighted by Crippen LogP contribution is -1.91. The number of aryl methyl sites for hydroxylation is 2. The molecule has 3 aromatic rings. The van der Waals surface area contributed by atoms with Gasteiger partial charge >= 0.3 is 0 Å². The maximum absolute atomic E-state index is 4.18. The van der Waals surface area contributed by atoms with Gasteiger partial charge in [-0.3, -0.25) is 4.98 Å². The quantitative estimate of drug-likeness (QED) is 0.615. The van der Waals surface area contributed by atoms with Gasteiger partial charge in [0.05, 0.1) is 5.69 Å². The molecule has 84 valence electrons. The average Bonchev–Trinajstić information content (AvgIpc) is 2.67. The largest absolute Gasteiger partial charge is 0.344 e. The van der Waals surface area contributed by atoms with Crippen molar-refractivity contribution in [3.63, 3.8) is 0 Å². The monoisotopic (exact) mass is 222 g/mol. The Labute approximate surface area is 101 Å². The summed E-state index contributed by atoms with van der Waals surface area (Å²) < 4.78 is 2.21. The van der Waals surface area contributed by atoms with Crippen molar-refractivity contribution in [2.75, 3.05) is 0 Å². The molecule has 0 spiro atoms. The fourth-order valence-electron chi connectivity index (χ4n) is 2.26. The van der Waals surface area contributed by atoms with E-state index in [9.17, 15) is 0 Å². The zero-order valence-corrected chi connectivity index (χ0v) is 10.0. The Balaban J connectivity index is 2.28.